The number of aliphatic hydroxyl groups excluding tert-OH is 1. The minimum atomic E-state index is -0.325. The molecule has 20 heavy (non-hydrogen) atoms. The molecule has 0 spiro atoms. The lowest BCUT2D eigenvalue weighted by molar-refractivity contribution is -0.00638. The summed E-state index contributed by atoms with van der Waals surface area (Å²) >= 11 is 0. The lowest BCUT2D eigenvalue weighted by atomic mass is 10.4. The normalized spacial score (nSPS) is 24.8. The van der Waals surface area contributed by atoms with E-state index in [1.807, 2.05) is 12.2 Å². The molecule has 0 amide bonds. The molecule has 104 valence electrons. The van der Waals surface area contributed by atoms with Crippen LogP contribution in [0, 0.1) is 0 Å². The first-order chi connectivity index (χ1) is 9.76. The van der Waals surface area contributed by atoms with Gasteiger partial charge in [0.2, 0.25) is 5.95 Å². The van der Waals surface area contributed by atoms with Gasteiger partial charge in [0.05, 0.1) is 12.9 Å². The average Bonchev–Trinajstić information content (AvgIpc) is 3.03. The zero-order valence-corrected chi connectivity index (χ0v) is 10.7. The van der Waals surface area contributed by atoms with Gasteiger partial charge in [0.15, 0.2) is 23.2 Å². The van der Waals surface area contributed by atoms with Crippen LogP contribution in [0.3, 0.4) is 0 Å². The number of nitrogens with two attached hydrogens (primary N) is 1. The molecule has 0 aliphatic carbocycles. The van der Waals surface area contributed by atoms with Gasteiger partial charge in [-0.3, -0.25) is 4.57 Å². The third-order valence-electron chi connectivity index (χ3n) is 3.43. The molecule has 2 aliphatic heterocycles. The van der Waals surface area contributed by atoms with E-state index in [1.165, 1.54) is 0 Å². The van der Waals surface area contributed by atoms with Crippen molar-refractivity contribution in [3.63, 3.8) is 0 Å². The van der Waals surface area contributed by atoms with Gasteiger partial charge in [0.25, 0.3) is 0 Å². The van der Waals surface area contributed by atoms with Crippen LogP contribution in [0.4, 0.5) is 11.8 Å². The highest BCUT2D eigenvalue weighted by atomic mass is 16.5. The van der Waals surface area contributed by atoms with E-state index < -0.39 is 0 Å². The van der Waals surface area contributed by atoms with Crippen molar-refractivity contribution in [1.29, 1.82) is 0 Å². The Kier molecular flexibility index (Phi) is 2.41. The highest BCUT2D eigenvalue weighted by Gasteiger charge is 2.27. The van der Waals surface area contributed by atoms with Crippen molar-refractivity contribution >= 4 is 22.9 Å². The largest absolute Gasteiger partial charge is 0.393 e. The zero-order chi connectivity index (χ0) is 13.7. The number of ether oxygens (including phenoxy) is 1. The average molecular weight is 274 g/mol. The van der Waals surface area contributed by atoms with E-state index in [-0.39, 0.29) is 24.9 Å². The lowest BCUT2D eigenvalue weighted by Crippen LogP contribution is -2.15. The number of nitrogens with zero attached hydrogens (tertiary/aromatic N) is 5. The number of aromatic nitrogens is 4. The number of rotatable bonds is 3. The third-order valence-corrected chi connectivity index (χ3v) is 3.43. The molecule has 2 aromatic rings. The molecular weight excluding hydrogens is 260 g/mol. The fourth-order valence-corrected chi connectivity index (χ4v) is 2.34. The number of nitrogen functional groups attached to an aromatic ring is 1. The second kappa shape index (κ2) is 4.15. The molecule has 0 saturated carbocycles. The number of fused-ring (bicyclic) bond motifs is 1. The van der Waals surface area contributed by atoms with Crippen LogP contribution >= 0.6 is 0 Å². The Morgan fingerprint density at radius 1 is 1.35 bits per heavy atom. The van der Waals surface area contributed by atoms with Gasteiger partial charge in [-0.1, -0.05) is 6.08 Å². The summed E-state index contributed by atoms with van der Waals surface area (Å²) in [7, 11) is 0. The van der Waals surface area contributed by atoms with Crippen LogP contribution in [0.5, 0.6) is 0 Å². The van der Waals surface area contributed by atoms with Gasteiger partial charge in [-0.05, 0) is 6.08 Å². The molecule has 0 bridgehead atoms. The summed E-state index contributed by atoms with van der Waals surface area (Å²) in [5.74, 6) is 0.994. The highest BCUT2D eigenvalue weighted by Crippen LogP contribution is 2.30. The van der Waals surface area contributed by atoms with Gasteiger partial charge >= 0.3 is 0 Å². The molecule has 8 nitrogen and oxygen atoms in total. The summed E-state index contributed by atoms with van der Waals surface area (Å²) in [6.45, 7) is 1.88. The van der Waals surface area contributed by atoms with E-state index in [0.29, 0.717) is 5.65 Å². The first-order valence-electron chi connectivity index (χ1n) is 6.46. The summed E-state index contributed by atoms with van der Waals surface area (Å²) in [6.07, 6.45) is 4.75. The molecular formula is C12H14N6O2. The molecule has 4 heterocycles. The first kappa shape index (κ1) is 11.6. The van der Waals surface area contributed by atoms with Crippen LogP contribution in [0.2, 0.25) is 0 Å². The van der Waals surface area contributed by atoms with Crippen LogP contribution in [0.25, 0.3) is 11.2 Å². The fourth-order valence-electron chi connectivity index (χ4n) is 2.34. The summed E-state index contributed by atoms with van der Waals surface area (Å²) in [4.78, 5) is 15.0. The van der Waals surface area contributed by atoms with Gasteiger partial charge in [-0.25, -0.2) is 4.98 Å². The van der Waals surface area contributed by atoms with Crippen molar-refractivity contribution in [3.05, 3.63) is 18.5 Å². The number of imidazole rings is 1. The molecule has 2 aliphatic rings. The van der Waals surface area contributed by atoms with E-state index in [2.05, 4.69) is 19.9 Å². The molecule has 0 aromatic carbocycles. The van der Waals surface area contributed by atoms with Crippen molar-refractivity contribution in [2.75, 3.05) is 30.3 Å². The SMILES string of the molecule is Nc1nc(N2CC2)c2ncn([C@H]3C=C[C@@H](CO)O3)c2n1. The number of hydrogen-bond acceptors (Lipinski definition) is 7. The maximum Gasteiger partial charge on any atom is 0.224 e. The summed E-state index contributed by atoms with van der Waals surface area (Å²) < 4.78 is 7.46. The van der Waals surface area contributed by atoms with Gasteiger partial charge in [-0.15, -0.1) is 0 Å². The summed E-state index contributed by atoms with van der Waals surface area (Å²) in [5.41, 5.74) is 7.15. The maximum absolute atomic E-state index is 9.11. The minimum Gasteiger partial charge on any atom is -0.393 e. The monoisotopic (exact) mass is 274 g/mol. The van der Waals surface area contributed by atoms with Gasteiger partial charge in [0, 0.05) is 13.1 Å². The van der Waals surface area contributed by atoms with Crippen LogP contribution < -0.4 is 10.6 Å². The molecule has 8 heteroatoms. The van der Waals surface area contributed by atoms with Crippen LogP contribution in [-0.2, 0) is 4.74 Å². The van der Waals surface area contributed by atoms with Crippen LogP contribution in [0.1, 0.15) is 6.23 Å². The van der Waals surface area contributed by atoms with Crippen LogP contribution in [-0.4, -0.2) is 50.4 Å². The zero-order valence-electron chi connectivity index (χ0n) is 10.7. The standard InChI is InChI=1S/C12H14N6O2/c13-12-15-10(17-3-4-17)9-11(16-12)18(6-14-9)8-2-1-7(5-19)20-8/h1-2,6-8,19H,3-5H2,(H2,13,15,16)/t7-,8+/m0/s1. The Morgan fingerprint density at radius 3 is 2.90 bits per heavy atom. The molecule has 1 saturated heterocycles. The second-order valence-electron chi connectivity index (χ2n) is 4.85. The quantitative estimate of drug-likeness (QED) is 0.584. The lowest BCUT2D eigenvalue weighted by Gasteiger charge is -2.14. The predicted octanol–water partition coefficient (Wildman–Crippen LogP) is -0.326. The maximum atomic E-state index is 9.11. The number of aliphatic hydroxyl groups is 1. The fraction of sp³-hybridized carbons (Fsp3) is 0.417. The molecule has 2 aromatic heterocycles. The van der Waals surface area contributed by atoms with Crippen molar-refractivity contribution in [1.82, 2.24) is 19.5 Å². The van der Waals surface area contributed by atoms with Gasteiger partial charge in [-0.2, -0.15) is 9.97 Å². The van der Waals surface area contributed by atoms with Crippen molar-refractivity contribution < 1.29 is 9.84 Å². The van der Waals surface area contributed by atoms with Crippen molar-refractivity contribution in [2.45, 2.75) is 12.3 Å². The Labute approximate surface area is 114 Å². The first-order valence-corrected chi connectivity index (χ1v) is 6.46. The molecule has 0 radical (unpaired) electrons. The Hall–Kier alpha value is -2.19. The smallest absolute Gasteiger partial charge is 0.224 e. The molecule has 4 rings (SSSR count). The van der Waals surface area contributed by atoms with Gasteiger partial charge < -0.3 is 20.5 Å². The minimum absolute atomic E-state index is 0.0459. The highest BCUT2D eigenvalue weighted by molar-refractivity contribution is 5.85. The van der Waals surface area contributed by atoms with Crippen LogP contribution in [0.15, 0.2) is 18.5 Å². The van der Waals surface area contributed by atoms with E-state index >= 15 is 0 Å². The Bertz CT molecular complexity index is 693. The van der Waals surface area contributed by atoms with Crippen molar-refractivity contribution in [3.8, 4) is 0 Å². The summed E-state index contributed by atoms with van der Waals surface area (Å²) in [6, 6.07) is 0. The van der Waals surface area contributed by atoms with E-state index in [0.717, 1.165) is 24.4 Å². The predicted molar refractivity (Wildman–Crippen MR) is 72.1 cm³/mol. The second-order valence-corrected chi connectivity index (χ2v) is 4.85. The molecule has 2 atom stereocenters. The topological polar surface area (TPSA) is 102 Å². The van der Waals surface area contributed by atoms with Gasteiger partial charge in [0.1, 0.15) is 6.10 Å². The molecule has 3 N–H and O–H groups in total. The number of hydrogen-bond donors (Lipinski definition) is 2. The van der Waals surface area contributed by atoms with E-state index in [4.69, 9.17) is 15.6 Å². The summed E-state index contributed by atoms with van der Waals surface area (Å²) in [5, 5.41) is 9.11. The van der Waals surface area contributed by atoms with E-state index in [1.54, 1.807) is 10.9 Å². The Balaban J connectivity index is 1.79. The van der Waals surface area contributed by atoms with Crippen molar-refractivity contribution in [2.24, 2.45) is 0 Å². The Morgan fingerprint density at radius 2 is 2.20 bits per heavy atom. The molecule has 0 unspecified atom stereocenters. The third kappa shape index (κ3) is 1.73. The molecule has 1 fully saturated rings. The number of anilines is 2. The van der Waals surface area contributed by atoms with E-state index in [9.17, 15) is 0 Å².